The molecule has 28 heavy (non-hydrogen) atoms. The highest BCUT2D eigenvalue weighted by atomic mass is 28.4. The lowest BCUT2D eigenvalue weighted by Crippen LogP contribution is -2.60. The quantitative estimate of drug-likeness (QED) is 0.505. The summed E-state index contributed by atoms with van der Waals surface area (Å²) in [5.41, 5.74) is -0.374. The Hall–Kier alpha value is 0.0169. The molecule has 162 valence electrons. The molecule has 4 heterocycles. The van der Waals surface area contributed by atoms with Crippen LogP contribution in [0.5, 0.6) is 0 Å². The summed E-state index contributed by atoms with van der Waals surface area (Å²) < 4.78 is 31.9. The maximum absolute atomic E-state index is 6.81. The third kappa shape index (κ3) is 3.97. The van der Waals surface area contributed by atoms with Gasteiger partial charge in [0.2, 0.25) is 0 Å². The number of hydrogen-bond acceptors (Lipinski definition) is 5. The first kappa shape index (κ1) is 21.3. The predicted molar refractivity (Wildman–Crippen MR) is 111 cm³/mol. The van der Waals surface area contributed by atoms with Gasteiger partial charge in [0.05, 0.1) is 36.6 Å². The molecule has 0 radical (unpaired) electrons. The van der Waals surface area contributed by atoms with Crippen molar-refractivity contribution in [1.29, 1.82) is 0 Å². The van der Waals surface area contributed by atoms with Gasteiger partial charge in [0.15, 0.2) is 8.32 Å². The van der Waals surface area contributed by atoms with Gasteiger partial charge >= 0.3 is 0 Å². The van der Waals surface area contributed by atoms with Crippen LogP contribution in [0.15, 0.2) is 0 Å². The van der Waals surface area contributed by atoms with Crippen molar-refractivity contribution in [3.05, 3.63) is 0 Å². The number of hydrogen-bond donors (Lipinski definition) is 0. The highest BCUT2D eigenvalue weighted by molar-refractivity contribution is 6.74. The standard InChI is InChI=1S/C22H40O5Si/c1-20(2,3)28(5,6)27-16-9-7-11-23-17(16)13-19-22(15-25-22)14-21(4)18(26-19)10-8-12-24-21/h16-19H,7-15H2,1-6H3/t16-,17-,18-,19+,21+,22+/m0/s1. The molecule has 0 aromatic carbocycles. The average molecular weight is 413 g/mol. The molecule has 0 amide bonds. The minimum Gasteiger partial charge on any atom is -0.411 e. The lowest BCUT2D eigenvalue weighted by atomic mass is 9.77. The average Bonchev–Trinajstić information content (AvgIpc) is 3.35. The molecule has 5 nitrogen and oxygen atoms in total. The lowest BCUT2D eigenvalue weighted by Gasteiger charge is -2.50. The van der Waals surface area contributed by atoms with Crippen LogP contribution in [0.1, 0.15) is 66.2 Å². The molecule has 0 bridgehead atoms. The van der Waals surface area contributed by atoms with E-state index < -0.39 is 8.32 Å². The molecule has 0 N–H and O–H groups in total. The Balaban J connectivity index is 1.46. The molecule has 6 heteroatoms. The van der Waals surface area contributed by atoms with E-state index in [9.17, 15) is 0 Å². The van der Waals surface area contributed by atoms with Crippen LogP contribution in [0.4, 0.5) is 0 Å². The lowest BCUT2D eigenvalue weighted by molar-refractivity contribution is -0.245. The van der Waals surface area contributed by atoms with Crippen molar-refractivity contribution in [3.63, 3.8) is 0 Å². The van der Waals surface area contributed by atoms with Crippen LogP contribution in [-0.4, -0.2) is 63.8 Å². The molecule has 0 aromatic heterocycles. The smallest absolute Gasteiger partial charge is 0.192 e. The van der Waals surface area contributed by atoms with Crippen molar-refractivity contribution in [2.24, 2.45) is 0 Å². The molecular formula is C22H40O5Si. The SMILES string of the molecule is CC(C)(C)[Si](C)(C)O[C@H]1CCCO[C@H]1C[C@H]1O[C@H]2CCCO[C@]2(C)C[C@@]12CO2. The zero-order valence-electron chi connectivity index (χ0n) is 18.7. The van der Waals surface area contributed by atoms with Crippen LogP contribution in [0.25, 0.3) is 0 Å². The van der Waals surface area contributed by atoms with Gasteiger partial charge in [-0.25, -0.2) is 0 Å². The zero-order valence-corrected chi connectivity index (χ0v) is 19.7. The third-order valence-corrected chi connectivity index (χ3v) is 12.4. The van der Waals surface area contributed by atoms with Crippen LogP contribution in [0.3, 0.4) is 0 Å². The Morgan fingerprint density at radius 1 is 1.07 bits per heavy atom. The Labute approximate surface area is 171 Å². The summed E-state index contributed by atoms with van der Waals surface area (Å²) in [4.78, 5) is 0. The maximum atomic E-state index is 6.81. The molecule has 0 aromatic rings. The summed E-state index contributed by atoms with van der Waals surface area (Å²) in [5, 5.41) is 0.207. The fourth-order valence-corrected chi connectivity index (χ4v) is 6.34. The Morgan fingerprint density at radius 3 is 2.46 bits per heavy atom. The minimum absolute atomic E-state index is 0.0842. The minimum atomic E-state index is -1.83. The number of ether oxygens (including phenoxy) is 4. The molecule has 4 aliphatic rings. The second kappa shape index (κ2) is 7.31. The molecule has 1 spiro atoms. The van der Waals surface area contributed by atoms with E-state index in [1.165, 1.54) is 0 Å². The van der Waals surface area contributed by atoms with E-state index >= 15 is 0 Å². The first-order valence-corrected chi connectivity index (χ1v) is 14.2. The van der Waals surface area contributed by atoms with E-state index in [0.717, 1.165) is 58.3 Å². The Kier molecular flexibility index (Phi) is 5.55. The van der Waals surface area contributed by atoms with Crippen LogP contribution in [-0.2, 0) is 23.4 Å². The van der Waals surface area contributed by atoms with Crippen LogP contribution in [0, 0.1) is 0 Å². The molecule has 4 rings (SSSR count). The predicted octanol–water partition coefficient (Wildman–Crippen LogP) is 4.44. The summed E-state index contributed by atoms with van der Waals surface area (Å²) >= 11 is 0. The second-order valence-corrected chi connectivity index (χ2v) is 15.9. The van der Waals surface area contributed by atoms with E-state index in [4.69, 9.17) is 23.4 Å². The second-order valence-electron chi connectivity index (χ2n) is 11.2. The number of fused-ring (bicyclic) bond motifs is 1. The van der Waals surface area contributed by atoms with Crippen molar-refractivity contribution in [3.8, 4) is 0 Å². The molecule has 4 fully saturated rings. The highest BCUT2D eigenvalue weighted by Crippen LogP contribution is 2.51. The molecule has 6 atom stereocenters. The van der Waals surface area contributed by atoms with Crippen LogP contribution < -0.4 is 0 Å². The van der Waals surface area contributed by atoms with E-state index in [1.54, 1.807) is 0 Å². The summed E-state index contributed by atoms with van der Waals surface area (Å²) in [6.07, 6.45) is 6.66. The van der Waals surface area contributed by atoms with Gasteiger partial charge in [-0.15, -0.1) is 0 Å². The van der Waals surface area contributed by atoms with E-state index in [-0.39, 0.29) is 40.7 Å². The monoisotopic (exact) mass is 412 g/mol. The molecule has 4 aliphatic heterocycles. The van der Waals surface area contributed by atoms with Crippen molar-refractivity contribution >= 4 is 8.32 Å². The normalized spacial score (nSPS) is 44.4. The van der Waals surface area contributed by atoms with Gasteiger partial charge in [-0.2, -0.15) is 0 Å². The molecule has 0 aliphatic carbocycles. The first-order chi connectivity index (χ1) is 13.0. The molecule has 0 unspecified atom stereocenters. The summed E-state index contributed by atoms with van der Waals surface area (Å²) in [6, 6.07) is 0. The molecular weight excluding hydrogens is 372 g/mol. The zero-order chi connectivity index (χ0) is 20.2. The fraction of sp³-hybridized carbons (Fsp3) is 1.00. The van der Waals surface area contributed by atoms with Gasteiger partial charge in [0.25, 0.3) is 0 Å². The van der Waals surface area contributed by atoms with E-state index in [1.807, 2.05) is 0 Å². The summed E-state index contributed by atoms with van der Waals surface area (Å²) in [5.74, 6) is 0. The molecule has 0 saturated carbocycles. The Bertz CT molecular complexity index is 570. The fourth-order valence-electron chi connectivity index (χ4n) is 4.96. The first-order valence-electron chi connectivity index (χ1n) is 11.3. The van der Waals surface area contributed by atoms with Gasteiger partial charge in [0.1, 0.15) is 5.60 Å². The topological polar surface area (TPSA) is 49.5 Å². The summed E-state index contributed by atoms with van der Waals surface area (Å²) in [6.45, 7) is 16.2. The van der Waals surface area contributed by atoms with E-state index in [2.05, 4.69) is 40.8 Å². The van der Waals surface area contributed by atoms with Crippen LogP contribution >= 0.6 is 0 Å². The summed E-state index contributed by atoms with van der Waals surface area (Å²) in [7, 11) is -1.83. The third-order valence-electron chi connectivity index (χ3n) is 7.88. The highest BCUT2D eigenvalue weighted by Gasteiger charge is 2.63. The van der Waals surface area contributed by atoms with Crippen molar-refractivity contribution < 1.29 is 23.4 Å². The van der Waals surface area contributed by atoms with E-state index in [0.29, 0.717) is 0 Å². The van der Waals surface area contributed by atoms with Crippen molar-refractivity contribution in [2.75, 3.05) is 19.8 Å². The van der Waals surface area contributed by atoms with Gasteiger partial charge in [-0.1, -0.05) is 20.8 Å². The van der Waals surface area contributed by atoms with Gasteiger partial charge in [-0.05, 0) is 50.7 Å². The Morgan fingerprint density at radius 2 is 1.79 bits per heavy atom. The number of rotatable bonds is 4. The van der Waals surface area contributed by atoms with Gasteiger partial charge in [-0.3, -0.25) is 0 Å². The molecule has 4 saturated heterocycles. The van der Waals surface area contributed by atoms with Crippen molar-refractivity contribution in [1.82, 2.24) is 0 Å². The van der Waals surface area contributed by atoms with Gasteiger partial charge < -0.3 is 23.4 Å². The number of epoxide rings is 1. The van der Waals surface area contributed by atoms with Gasteiger partial charge in [0, 0.05) is 26.1 Å². The largest absolute Gasteiger partial charge is 0.411 e. The van der Waals surface area contributed by atoms with Crippen molar-refractivity contribution in [2.45, 2.75) is 120 Å². The van der Waals surface area contributed by atoms with Crippen LogP contribution in [0.2, 0.25) is 18.1 Å². The maximum Gasteiger partial charge on any atom is 0.192 e.